The van der Waals surface area contributed by atoms with Crippen LogP contribution in [0.5, 0.6) is 0 Å². The van der Waals surface area contributed by atoms with Crippen molar-refractivity contribution in [3.05, 3.63) is 0 Å². The summed E-state index contributed by atoms with van der Waals surface area (Å²) in [6.07, 6.45) is 40.6. The van der Waals surface area contributed by atoms with Gasteiger partial charge in [-0.25, -0.2) is 0 Å². The zero-order valence-corrected chi connectivity index (χ0v) is 39.3. The van der Waals surface area contributed by atoms with E-state index in [2.05, 4.69) is 44.5 Å². The molecule has 338 valence electrons. The number of likely N-dealkylation sites (N-methyl/N-ethyl adjacent to an activating group) is 1. The lowest BCUT2D eigenvalue weighted by atomic mass is 9.90. The largest absolute Gasteiger partial charge is 0.466 e. The van der Waals surface area contributed by atoms with E-state index in [0.717, 1.165) is 31.8 Å². The second-order valence-corrected chi connectivity index (χ2v) is 18.6. The maximum Gasteiger partial charge on any atom is 0.306 e. The minimum absolute atomic E-state index is 0.0410. The molecule has 1 fully saturated rings. The van der Waals surface area contributed by atoms with E-state index >= 15 is 0 Å². The van der Waals surface area contributed by atoms with Gasteiger partial charge < -0.3 is 19.3 Å². The molecule has 1 aliphatic rings. The Bertz CT molecular complexity index is 797. The number of unbranched alkanes of at least 4 members (excludes halogenated alkanes) is 19. The van der Waals surface area contributed by atoms with E-state index in [0.29, 0.717) is 37.3 Å². The molecule has 0 aromatic carbocycles. The summed E-state index contributed by atoms with van der Waals surface area (Å²) in [5.74, 6) is 2.28. The van der Waals surface area contributed by atoms with E-state index < -0.39 is 0 Å². The number of carbonyl (C=O) groups is 2. The van der Waals surface area contributed by atoms with Gasteiger partial charge in [-0.2, -0.15) is 0 Å². The third-order valence-electron chi connectivity index (χ3n) is 12.9. The van der Waals surface area contributed by atoms with Gasteiger partial charge >= 0.3 is 5.97 Å². The molecular formula is C51H100N2O4. The summed E-state index contributed by atoms with van der Waals surface area (Å²) in [5.41, 5.74) is 0. The zero-order valence-electron chi connectivity index (χ0n) is 39.3. The second kappa shape index (κ2) is 40.4. The van der Waals surface area contributed by atoms with Gasteiger partial charge in [0.15, 0.2) is 5.78 Å². The van der Waals surface area contributed by atoms with Crippen LogP contribution in [0.2, 0.25) is 0 Å². The van der Waals surface area contributed by atoms with Crippen molar-refractivity contribution in [2.24, 2.45) is 17.8 Å². The monoisotopic (exact) mass is 805 g/mol. The van der Waals surface area contributed by atoms with E-state index in [4.69, 9.17) is 9.47 Å². The minimum Gasteiger partial charge on any atom is -0.466 e. The first-order chi connectivity index (χ1) is 27.9. The number of ether oxygens (including phenoxy) is 2. The molecule has 0 amide bonds. The Morgan fingerprint density at radius 3 is 1.32 bits per heavy atom. The first kappa shape index (κ1) is 54.0. The van der Waals surface area contributed by atoms with Crippen LogP contribution in [0.15, 0.2) is 0 Å². The molecule has 1 aliphatic heterocycles. The zero-order chi connectivity index (χ0) is 41.4. The molecule has 6 nitrogen and oxygen atoms in total. The van der Waals surface area contributed by atoms with Crippen molar-refractivity contribution in [3.8, 4) is 0 Å². The molecule has 0 aliphatic carbocycles. The van der Waals surface area contributed by atoms with Crippen LogP contribution in [0, 0.1) is 17.8 Å². The van der Waals surface area contributed by atoms with Gasteiger partial charge in [0, 0.05) is 52.2 Å². The molecule has 1 heterocycles. The van der Waals surface area contributed by atoms with Gasteiger partial charge in [-0.05, 0) is 63.3 Å². The van der Waals surface area contributed by atoms with Gasteiger partial charge in [-0.1, -0.05) is 188 Å². The van der Waals surface area contributed by atoms with Crippen LogP contribution < -0.4 is 0 Å². The molecule has 0 saturated carbocycles. The smallest absolute Gasteiger partial charge is 0.306 e. The van der Waals surface area contributed by atoms with E-state index in [1.54, 1.807) is 0 Å². The normalized spacial score (nSPS) is 14.6. The lowest BCUT2D eigenvalue weighted by Crippen LogP contribution is -2.46. The maximum absolute atomic E-state index is 12.6. The predicted molar refractivity (Wildman–Crippen MR) is 246 cm³/mol. The summed E-state index contributed by atoms with van der Waals surface area (Å²) < 4.78 is 11.5. The Kier molecular flexibility index (Phi) is 38.3. The number of hydrogen-bond acceptors (Lipinski definition) is 6. The van der Waals surface area contributed by atoms with Crippen molar-refractivity contribution in [3.63, 3.8) is 0 Å². The Hall–Kier alpha value is -0.980. The topological polar surface area (TPSA) is 59.1 Å². The van der Waals surface area contributed by atoms with Crippen LogP contribution in [-0.2, 0) is 19.1 Å². The molecule has 0 bridgehead atoms. The molecule has 1 unspecified atom stereocenters. The third-order valence-corrected chi connectivity index (χ3v) is 12.9. The van der Waals surface area contributed by atoms with Gasteiger partial charge in [0.25, 0.3) is 0 Å². The number of esters is 1. The quantitative estimate of drug-likeness (QED) is 0.0452. The van der Waals surface area contributed by atoms with Crippen molar-refractivity contribution < 1.29 is 19.1 Å². The average molecular weight is 805 g/mol. The van der Waals surface area contributed by atoms with Crippen molar-refractivity contribution in [1.82, 2.24) is 9.80 Å². The Balaban J connectivity index is 2.18. The highest BCUT2D eigenvalue weighted by atomic mass is 16.5. The fourth-order valence-electron chi connectivity index (χ4n) is 8.96. The Labute approximate surface area is 356 Å². The Morgan fingerprint density at radius 2 is 0.842 bits per heavy atom. The van der Waals surface area contributed by atoms with Gasteiger partial charge in [0.05, 0.1) is 6.61 Å². The van der Waals surface area contributed by atoms with Crippen LogP contribution in [0.1, 0.15) is 240 Å². The summed E-state index contributed by atoms with van der Waals surface area (Å²) >= 11 is 0. The van der Waals surface area contributed by atoms with Crippen molar-refractivity contribution in [2.75, 3.05) is 59.6 Å². The molecular weight excluding hydrogens is 705 g/mol. The predicted octanol–water partition coefficient (Wildman–Crippen LogP) is 14.2. The second-order valence-electron chi connectivity index (χ2n) is 18.6. The Morgan fingerprint density at radius 1 is 0.456 bits per heavy atom. The summed E-state index contributed by atoms with van der Waals surface area (Å²) in [7, 11) is 2.26. The van der Waals surface area contributed by atoms with Crippen molar-refractivity contribution in [2.45, 2.75) is 240 Å². The number of carbonyl (C=O) groups excluding carboxylic acids is 2. The number of hydrogen-bond donors (Lipinski definition) is 0. The molecule has 0 radical (unpaired) electrons. The van der Waals surface area contributed by atoms with E-state index in [1.165, 1.54) is 219 Å². The van der Waals surface area contributed by atoms with Crippen LogP contribution in [-0.4, -0.2) is 81.1 Å². The molecule has 6 heteroatoms. The number of piperazine rings is 1. The number of Topliss-reactive ketones (excluding diaryl/α,β-unsaturated/α-hetero) is 1. The SMILES string of the molecule is CCCCCC(CCCCC)CC(=O)COCCCCCCCCC(CCCCCCCCCOC(=O)CC(CCCCC)CCCCC)CN1CCN(C)CC1. The lowest BCUT2D eigenvalue weighted by Gasteiger charge is -2.34. The number of rotatable bonds is 43. The summed E-state index contributed by atoms with van der Waals surface area (Å²) in [6, 6.07) is 0. The summed E-state index contributed by atoms with van der Waals surface area (Å²) in [5, 5.41) is 0. The van der Waals surface area contributed by atoms with E-state index in [-0.39, 0.29) is 5.97 Å². The molecule has 0 aromatic rings. The highest BCUT2D eigenvalue weighted by Gasteiger charge is 2.19. The fourth-order valence-corrected chi connectivity index (χ4v) is 8.96. The summed E-state index contributed by atoms with van der Waals surface area (Å²) in [4.78, 5) is 30.4. The van der Waals surface area contributed by atoms with Crippen LogP contribution in [0.25, 0.3) is 0 Å². The number of nitrogens with zero attached hydrogens (tertiary/aromatic N) is 2. The molecule has 0 N–H and O–H groups in total. The van der Waals surface area contributed by atoms with E-state index in [9.17, 15) is 9.59 Å². The lowest BCUT2D eigenvalue weighted by molar-refractivity contribution is -0.145. The highest BCUT2D eigenvalue weighted by molar-refractivity contribution is 5.79. The molecule has 1 saturated heterocycles. The van der Waals surface area contributed by atoms with E-state index in [1.807, 2.05) is 0 Å². The van der Waals surface area contributed by atoms with Crippen molar-refractivity contribution in [1.29, 1.82) is 0 Å². The molecule has 57 heavy (non-hydrogen) atoms. The molecule has 0 aromatic heterocycles. The van der Waals surface area contributed by atoms with Crippen LogP contribution >= 0.6 is 0 Å². The molecule has 1 atom stereocenters. The summed E-state index contributed by atoms with van der Waals surface area (Å²) in [6.45, 7) is 16.9. The molecule has 0 spiro atoms. The first-order valence-corrected chi connectivity index (χ1v) is 25.6. The molecule has 1 rings (SSSR count). The third kappa shape index (κ3) is 34.4. The van der Waals surface area contributed by atoms with Crippen LogP contribution in [0.3, 0.4) is 0 Å². The fraction of sp³-hybridized carbons (Fsp3) is 0.961. The minimum atomic E-state index is 0.0410. The maximum atomic E-state index is 12.6. The number of ketones is 1. The van der Waals surface area contributed by atoms with Crippen molar-refractivity contribution >= 4 is 11.8 Å². The van der Waals surface area contributed by atoms with Crippen LogP contribution in [0.4, 0.5) is 0 Å². The first-order valence-electron chi connectivity index (χ1n) is 25.6. The van der Waals surface area contributed by atoms with Gasteiger partial charge in [0.2, 0.25) is 0 Å². The van der Waals surface area contributed by atoms with Gasteiger partial charge in [-0.3, -0.25) is 9.59 Å². The highest BCUT2D eigenvalue weighted by Crippen LogP contribution is 2.24. The van der Waals surface area contributed by atoms with Gasteiger partial charge in [-0.15, -0.1) is 0 Å². The average Bonchev–Trinajstić information content (AvgIpc) is 3.20. The standard InChI is InChI=1S/C51H100N2O4/c1-6-10-23-31-47(32-24-11-7-2)43-50(54)46-56-41-29-21-18-16-20-28-36-49(45-53-39-37-52(5)38-40-53)35-27-19-15-14-17-22-30-42-57-51(55)44-48(33-25-12-8-3)34-26-13-9-4/h47-49H,6-46H2,1-5H3. The van der Waals surface area contributed by atoms with Gasteiger partial charge in [0.1, 0.15) is 6.61 Å².